The molecule has 1 amide bonds. The Balaban J connectivity index is 4.68. The van der Waals surface area contributed by atoms with Gasteiger partial charge in [-0.25, -0.2) is 0 Å². The first-order chi connectivity index (χ1) is 30.5. The second-order valence-corrected chi connectivity index (χ2v) is 16.9. The molecule has 3 N–H and O–H groups in total. The van der Waals surface area contributed by atoms with Crippen molar-refractivity contribution in [2.45, 2.75) is 238 Å². The van der Waals surface area contributed by atoms with Crippen LogP contribution in [-0.2, 0) is 14.3 Å². The summed E-state index contributed by atoms with van der Waals surface area (Å²) < 4.78 is 5.85. The van der Waals surface area contributed by atoms with Crippen molar-refractivity contribution in [2.75, 3.05) is 6.61 Å². The number of carbonyl (C=O) groups is 2. The molecular weight excluding hydrogens is 767 g/mol. The van der Waals surface area contributed by atoms with E-state index in [9.17, 15) is 19.8 Å². The molecule has 0 saturated carbocycles. The minimum atomic E-state index is -0.819. The number of aliphatic hydroxyl groups excluding tert-OH is 2. The zero-order valence-electron chi connectivity index (χ0n) is 40.2. The Kier molecular flexibility index (Phi) is 46.3. The molecule has 6 heteroatoms. The lowest BCUT2D eigenvalue weighted by Crippen LogP contribution is -2.46. The van der Waals surface area contributed by atoms with Gasteiger partial charge in [0.2, 0.25) is 5.91 Å². The predicted octanol–water partition coefficient (Wildman–Crippen LogP) is 15.3. The molecule has 0 fully saturated rings. The number of hydrogen-bond acceptors (Lipinski definition) is 5. The Hall–Kier alpha value is -3.22. The third-order valence-electron chi connectivity index (χ3n) is 11.0. The summed E-state index contributed by atoms with van der Waals surface area (Å²) >= 11 is 0. The van der Waals surface area contributed by atoms with Gasteiger partial charge in [0.15, 0.2) is 0 Å². The van der Waals surface area contributed by atoms with Crippen molar-refractivity contribution in [1.29, 1.82) is 0 Å². The molecule has 0 rings (SSSR count). The van der Waals surface area contributed by atoms with Crippen LogP contribution in [0.1, 0.15) is 220 Å². The van der Waals surface area contributed by atoms with Gasteiger partial charge in [0, 0.05) is 6.42 Å². The summed E-state index contributed by atoms with van der Waals surface area (Å²) in [6.45, 7) is 6.27. The zero-order valence-corrected chi connectivity index (χ0v) is 40.2. The molecule has 6 nitrogen and oxygen atoms in total. The smallest absolute Gasteiger partial charge is 0.306 e. The number of hydrogen-bond donors (Lipinski definition) is 3. The van der Waals surface area contributed by atoms with E-state index in [-0.39, 0.29) is 24.9 Å². The molecule has 3 atom stereocenters. The lowest BCUT2D eigenvalue weighted by Gasteiger charge is -2.24. The van der Waals surface area contributed by atoms with Crippen molar-refractivity contribution < 1.29 is 24.5 Å². The van der Waals surface area contributed by atoms with E-state index in [1.165, 1.54) is 103 Å². The van der Waals surface area contributed by atoms with Crippen LogP contribution in [0, 0.1) is 0 Å². The van der Waals surface area contributed by atoms with Crippen LogP contribution < -0.4 is 5.32 Å². The van der Waals surface area contributed by atoms with Gasteiger partial charge in [-0.05, 0) is 77.0 Å². The van der Waals surface area contributed by atoms with Crippen molar-refractivity contribution in [3.05, 3.63) is 97.2 Å². The number of unbranched alkanes of at least 4 members (excludes halogenated alkanes) is 19. The topological polar surface area (TPSA) is 95.9 Å². The van der Waals surface area contributed by atoms with Gasteiger partial charge in [0.1, 0.15) is 6.10 Å². The maximum absolute atomic E-state index is 13.2. The molecule has 0 aliphatic rings. The van der Waals surface area contributed by atoms with Crippen LogP contribution in [0.25, 0.3) is 0 Å². The average Bonchev–Trinajstić information content (AvgIpc) is 3.26. The fraction of sp³-hybridized carbons (Fsp3) is 0.679. The number of aliphatic hydroxyl groups is 2. The van der Waals surface area contributed by atoms with Crippen LogP contribution in [0.5, 0.6) is 0 Å². The first-order valence-corrected chi connectivity index (χ1v) is 25.5. The monoisotopic (exact) mass is 862 g/mol. The molecule has 0 aromatic carbocycles. The van der Waals surface area contributed by atoms with Gasteiger partial charge < -0.3 is 20.3 Å². The van der Waals surface area contributed by atoms with E-state index in [2.05, 4.69) is 86.8 Å². The third kappa shape index (κ3) is 43.4. The highest BCUT2D eigenvalue weighted by molar-refractivity contribution is 5.77. The normalized spacial score (nSPS) is 14.1. The summed E-state index contributed by atoms with van der Waals surface area (Å²) in [7, 11) is 0. The predicted molar refractivity (Wildman–Crippen MR) is 268 cm³/mol. The molecule has 3 unspecified atom stereocenters. The van der Waals surface area contributed by atoms with Gasteiger partial charge in [-0.3, -0.25) is 9.59 Å². The minimum absolute atomic E-state index is 0.00474. The van der Waals surface area contributed by atoms with Crippen LogP contribution >= 0.6 is 0 Å². The molecule has 0 radical (unpaired) electrons. The summed E-state index contributed by atoms with van der Waals surface area (Å²) in [5, 5.41) is 23.7. The molecule has 0 saturated heterocycles. The van der Waals surface area contributed by atoms with Crippen LogP contribution in [-0.4, -0.2) is 46.9 Å². The van der Waals surface area contributed by atoms with Crippen molar-refractivity contribution in [2.24, 2.45) is 0 Å². The molecule has 354 valence electrons. The lowest BCUT2D eigenvalue weighted by molar-refractivity contribution is -0.151. The van der Waals surface area contributed by atoms with E-state index in [0.29, 0.717) is 25.7 Å². The molecule has 0 aliphatic carbocycles. The molecule has 0 aliphatic heterocycles. The Morgan fingerprint density at radius 2 is 0.952 bits per heavy atom. The third-order valence-corrected chi connectivity index (χ3v) is 11.0. The Labute approximate surface area is 382 Å². The van der Waals surface area contributed by atoms with Crippen molar-refractivity contribution in [1.82, 2.24) is 5.32 Å². The summed E-state index contributed by atoms with van der Waals surface area (Å²) in [6, 6.07) is -0.739. The second-order valence-electron chi connectivity index (χ2n) is 16.9. The van der Waals surface area contributed by atoms with Crippen molar-refractivity contribution in [3.63, 3.8) is 0 Å². The molecule has 0 aromatic heterocycles. The summed E-state index contributed by atoms with van der Waals surface area (Å²) in [4.78, 5) is 26.1. The first-order valence-electron chi connectivity index (χ1n) is 25.5. The van der Waals surface area contributed by atoms with E-state index in [0.717, 1.165) is 64.2 Å². The standard InChI is InChI=1S/C56H95NO5/c1-4-7-10-13-16-19-22-24-26-27-29-31-34-37-40-43-46-49-56(61)62-52(47-44-41-38-35-32-21-18-15-12-9-6-3)50-55(60)57-53(51-58)54(59)48-45-42-39-36-33-30-28-25-23-20-17-14-11-8-5-2/h9,12,15-16,18-19,21,24,26,29,31-32,35,37-38,40,52-54,58-59H,4-8,10-11,13-14,17,20,22-23,25,27-28,30,33-34,36,39,41-51H2,1-3H3,(H,57,60)/b12-9+,18-15+,19-16-,26-24-,31-29-,32-21-,38-35-,40-37-. The highest BCUT2D eigenvalue weighted by Gasteiger charge is 2.24. The van der Waals surface area contributed by atoms with Gasteiger partial charge in [0.25, 0.3) is 0 Å². The second kappa shape index (κ2) is 48.8. The van der Waals surface area contributed by atoms with Crippen molar-refractivity contribution in [3.8, 4) is 0 Å². The van der Waals surface area contributed by atoms with Gasteiger partial charge >= 0.3 is 5.97 Å². The zero-order chi connectivity index (χ0) is 45.2. The number of ether oxygens (including phenoxy) is 1. The number of nitrogens with one attached hydrogen (secondary N) is 1. The largest absolute Gasteiger partial charge is 0.462 e. The lowest BCUT2D eigenvalue weighted by atomic mass is 10.0. The van der Waals surface area contributed by atoms with Crippen LogP contribution in [0.15, 0.2) is 97.2 Å². The fourth-order valence-electron chi connectivity index (χ4n) is 7.14. The summed E-state index contributed by atoms with van der Waals surface area (Å²) in [6.07, 6.45) is 64.8. The maximum Gasteiger partial charge on any atom is 0.306 e. The highest BCUT2D eigenvalue weighted by Crippen LogP contribution is 2.16. The molecule has 62 heavy (non-hydrogen) atoms. The van der Waals surface area contributed by atoms with Crippen molar-refractivity contribution >= 4 is 11.9 Å². The molecule has 0 bridgehead atoms. The van der Waals surface area contributed by atoms with Gasteiger partial charge in [0.05, 0.1) is 25.2 Å². The average molecular weight is 862 g/mol. The molecule has 0 spiro atoms. The number of allylic oxidation sites excluding steroid dienone is 16. The minimum Gasteiger partial charge on any atom is -0.462 e. The van der Waals surface area contributed by atoms with E-state index < -0.39 is 18.2 Å². The van der Waals surface area contributed by atoms with E-state index in [1.807, 2.05) is 36.5 Å². The van der Waals surface area contributed by atoms with Gasteiger partial charge in [-0.15, -0.1) is 0 Å². The molecule has 0 heterocycles. The van der Waals surface area contributed by atoms with Gasteiger partial charge in [-0.1, -0.05) is 227 Å². The summed E-state index contributed by atoms with van der Waals surface area (Å²) in [5.74, 6) is -0.617. The highest BCUT2D eigenvalue weighted by atomic mass is 16.5. The SMILES string of the molecule is CC/C=C/C=C/C=C\C=C/CCCC(CC(=O)NC(CO)C(O)CCCCCCCCCCCCCCCCC)OC(=O)CCC/C=C\C/C=C\C/C=C\C/C=C\CCCCC. The quantitative estimate of drug-likeness (QED) is 0.0245. The Morgan fingerprint density at radius 1 is 0.500 bits per heavy atom. The Morgan fingerprint density at radius 3 is 1.48 bits per heavy atom. The molecular formula is C56H95NO5. The van der Waals surface area contributed by atoms with Crippen LogP contribution in [0.4, 0.5) is 0 Å². The van der Waals surface area contributed by atoms with E-state index in [4.69, 9.17) is 4.74 Å². The van der Waals surface area contributed by atoms with E-state index in [1.54, 1.807) is 0 Å². The van der Waals surface area contributed by atoms with Gasteiger partial charge in [-0.2, -0.15) is 0 Å². The number of esters is 1. The van der Waals surface area contributed by atoms with Crippen LogP contribution in [0.2, 0.25) is 0 Å². The number of carbonyl (C=O) groups excluding carboxylic acids is 2. The van der Waals surface area contributed by atoms with Crippen LogP contribution in [0.3, 0.4) is 0 Å². The number of rotatable bonds is 44. The molecule has 0 aromatic rings. The first kappa shape index (κ1) is 58.8. The number of amides is 1. The Bertz CT molecular complexity index is 1240. The fourth-order valence-corrected chi connectivity index (χ4v) is 7.14. The van der Waals surface area contributed by atoms with E-state index >= 15 is 0 Å². The summed E-state index contributed by atoms with van der Waals surface area (Å²) in [5.41, 5.74) is 0. The maximum atomic E-state index is 13.2.